The van der Waals surface area contributed by atoms with Gasteiger partial charge < -0.3 is 20.7 Å². The van der Waals surface area contributed by atoms with Gasteiger partial charge in [0.25, 0.3) is 5.91 Å². The first kappa shape index (κ1) is 19.0. The molecular weight excluding hydrogens is 362 g/mol. The number of carbonyl (C=O) groups excluding carboxylic acids is 2. The van der Waals surface area contributed by atoms with Gasteiger partial charge in [-0.25, -0.2) is 0 Å². The van der Waals surface area contributed by atoms with Crippen LogP contribution in [0, 0.1) is 0 Å². The molecule has 0 aliphatic carbocycles. The minimum absolute atomic E-state index is 0.0116. The van der Waals surface area contributed by atoms with E-state index in [1.807, 2.05) is 30.3 Å². The second kappa shape index (κ2) is 9.23. The van der Waals surface area contributed by atoms with Crippen molar-refractivity contribution < 1.29 is 19.2 Å². The molecule has 0 fully saturated rings. The molecule has 0 unspecified atom stereocenters. The summed E-state index contributed by atoms with van der Waals surface area (Å²) in [4.78, 5) is 22.4. The maximum absolute atomic E-state index is 11.8. The quantitative estimate of drug-likeness (QED) is 0.532. The van der Waals surface area contributed by atoms with Crippen molar-refractivity contribution >= 4 is 23.4 Å². The lowest BCUT2D eigenvalue weighted by Crippen LogP contribution is -2.27. The van der Waals surface area contributed by atoms with E-state index in [-0.39, 0.29) is 35.7 Å². The predicted molar refractivity (Wildman–Crippen MR) is 93.3 cm³/mol. The Hall–Kier alpha value is -3.33. The van der Waals surface area contributed by atoms with Crippen LogP contribution in [0.3, 0.4) is 0 Å². The molecule has 1 aromatic carbocycles. The van der Waals surface area contributed by atoms with Gasteiger partial charge in [-0.15, -0.1) is 0 Å². The number of aromatic amines is 1. The summed E-state index contributed by atoms with van der Waals surface area (Å²) in [6.07, 6.45) is 2.41. The molecule has 10 heteroatoms. The van der Waals surface area contributed by atoms with E-state index in [1.165, 1.54) is 6.20 Å². The second-order valence-corrected chi connectivity index (χ2v) is 5.40. The monoisotopic (exact) mass is 377 g/mol. The first-order valence-corrected chi connectivity index (χ1v) is 7.81. The summed E-state index contributed by atoms with van der Waals surface area (Å²) >= 11 is 5.54. The number of halogens is 1. The minimum atomic E-state index is -0.513. The number of carbonyl (C=O) groups is 2. The minimum Gasteiger partial charge on any atom is -0.503 e. The normalized spacial score (nSPS) is 9.88. The van der Waals surface area contributed by atoms with E-state index in [0.29, 0.717) is 0 Å². The summed E-state index contributed by atoms with van der Waals surface area (Å²) in [5, 5.41) is 22.4. The van der Waals surface area contributed by atoms with E-state index >= 15 is 0 Å². The Kier molecular flexibility index (Phi) is 6.75. The van der Waals surface area contributed by atoms with Crippen LogP contribution < -0.4 is 11.1 Å². The number of hydrogen-bond acceptors (Lipinski definition) is 6. The maximum atomic E-state index is 11.8. The first-order chi connectivity index (χ1) is 12.5. The van der Waals surface area contributed by atoms with Crippen LogP contribution in [-0.4, -0.2) is 38.8 Å². The molecule has 2 heterocycles. The lowest BCUT2D eigenvalue weighted by atomic mass is 10.2. The van der Waals surface area contributed by atoms with Crippen LogP contribution in [0.1, 0.15) is 16.8 Å². The van der Waals surface area contributed by atoms with Crippen LogP contribution in [-0.2, 0) is 4.79 Å². The van der Waals surface area contributed by atoms with Crippen LogP contribution >= 0.6 is 11.6 Å². The topological polar surface area (TPSA) is 147 Å². The summed E-state index contributed by atoms with van der Waals surface area (Å²) in [6, 6.07) is 9.44. The van der Waals surface area contributed by atoms with E-state index in [2.05, 4.69) is 20.7 Å². The fourth-order valence-corrected chi connectivity index (χ4v) is 1.99. The molecule has 2 amide bonds. The lowest BCUT2D eigenvalue weighted by molar-refractivity contribution is -0.117. The average Bonchev–Trinajstić information content (AvgIpc) is 3.24. The molecule has 0 aliphatic rings. The molecule has 26 heavy (non-hydrogen) atoms. The zero-order valence-electron chi connectivity index (χ0n) is 13.5. The van der Waals surface area contributed by atoms with Gasteiger partial charge in [-0.05, 0) is 12.1 Å². The van der Waals surface area contributed by atoms with Gasteiger partial charge >= 0.3 is 0 Å². The summed E-state index contributed by atoms with van der Waals surface area (Å²) in [6.45, 7) is 0.112. The maximum Gasteiger partial charge on any atom is 0.255 e. The number of amides is 2. The van der Waals surface area contributed by atoms with E-state index in [1.54, 1.807) is 0 Å². The lowest BCUT2D eigenvalue weighted by Gasteiger charge is -2.02. The van der Waals surface area contributed by atoms with Gasteiger partial charge in [0.2, 0.25) is 11.7 Å². The number of nitrogens with two attached hydrogens (primary N) is 1. The Morgan fingerprint density at radius 3 is 2.54 bits per heavy atom. The molecule has 0 bridgehead atoms. The van der Waals surface area contributed by atoms with E-state index < -0.39 is 11.8 Å². The van der Waals surface area contributed by atoms with Crippen molar-refractivity contribution in [1.29, 1.82) is 0 Å². The molecule has 0 saturated carbocycles. The third kappa shape index (κ3) is 5.35. The Balaban J connectivity index is 0.000000290. The van der Waals surface area contributed by atoms with Gasteiger partial charge in [0, 0.05) is 18.0 Å². The number of H-pyrrole nitrogens is 1. The number of benzene rings is 1. The van der Waals surface area contributed by atoms with Crippen molar-refractivity contribution in [3.63, 3.8) is 0 Å². The second-order valence-electron chi connectivity index (χ2n) is 4.97. The van der Waals surface area contributed by atoms with E-state index in [0.717, 1.165) is 11.2 Å². The largest absolute Gasteiger partial charge is 0.503 e. The Morgan fingerprint density at radius 2 is 2.00 bits per heavy atom. The molecule has 5 N–H and O–H groups in total. The third-order valence-electron chi connectivity index (χ3n) is 3.05. The third-order valence-corrected chi connectivity index (χ3v) is 3.30. The number of primary amides is 1. The van der Waals surface area contributed by atoms with Crippen LogP contribution in [0.5, 0.6) is 5.75 Å². The Labute approximate surface area is 153 Å². The fourth-order valence-electron chi connectivity index (χ4n) is 1.85. The van der Waals surface area contributed by atoms with Gasteiger partial charge in [0.1, 0.15) is 11.9 Å². The van der Waals surface area contributed by atoms with Gasteiger partial charge in [0.05, 0.1) is 11.8 Å². The molecule has 0 atom stereocenters. The summed E-state index contributed by atoms with van der Waals surface area (Å²) in [5.41, 5.74) is 5.32. The zero-order chi connectivity index (χ0) is 18.9. The van der Waals surface area contributed by atoms with Crippen molar-refractivity contribution in [3.05, 3.63) is 53.3 Å². The van der Waals surface area contributed by atoms with Crippen molar-refractivity contribution in [2.75, 3.05) is 6.54 Å². The van der Waals surface area contributed by atoms with Crippen LogP contribution in [0.2, 0.25) is 5.02 Å². The fraction of sp³-hybridized carbons (Fsp3) is 0.125. The summed E-state index contributed by atoms with van der Waals surface area (Å²) in [7, 11) is 0. The Bertz CT molecular complexity index is 862. The highest BCUT2D eigenvalue weighted by Crippen LogP contribution is 2.29. The van der Waals surface area contributed by atoms with Crippen molar-refractivity contribution in [1.82, 2.24) is 20.7 Å². The molecule has 2 aromatic heterocycles. The van der Waals surface area contributed by atoms with Crippen molar-refractivity contribution in [3.8, 4) is 17.2 Å². The van der Waals surface area contributed by atoms with Crippen molar-refractivity contribution in [2.45, 2.75) is 6.42 Å². The molecule has 136 valence electrons. The summed E-state index contributed by atoms with van der Waals surface area (Å²) < 4.78 is 4.82. The highest BCUT2D eigenvalue weighted by atomic mass is 35.5. The molecule has 0 saturated heterocycles. The number of nitrogens with zero attached hydrogens (tertiary/aromatic N) is 2. The molecule has 3 rings (SSSR count). The van der Waals surface area contributed by atoms with E-state index in [9.17, 15) is 14.7 Å². The number of aromatic nitrogens is 3. The van der Waals surface area contributed by atoms with Crippen LogP contribution in [0.15, 0.2) is 47.2 Å². The van der Waals surface area contributed by atoms with Crippen molar-refractivity contribution in [2.24, 2.45) is 5.73 Å². The van der Waals surface area contributed by atoms with Gasteiger partial charge in [-0.3, -0.25) is 14.7 Å². The SMILES string of the molecule is Clc1ccccc1.NC(=O)CCNC(=O)c1cn[nH]c1-c1oncc1O. The predicted octanol–water partition coefficient (Wildman–Crippen LogP) is 1.72. The van der Waals surface area contributed by atoms with Crippen LogP contribution in [0.25, 0.3) is 11.5 Å². The standard InChI is InChI=1S/C10H11N5O4.C6H5Cl/c11-7(17)1-2-12-10(18)5-3-13-15-8(5)9-6(16)4-14-19-9;7-6-4-2-1-3-5-6/h3-4,16H,1-2H2,(H2,11,17)(H,12,18)(H,13,15);1-5H. The molecule has 3 aromatic rings. The first-order valence-electron chi connectivity index (χ1n) is 7.43. The number of rotatable bonds is 5. The zero-order valence-corrected chi connectivity index (χ0v) is 14.2. The van der Waals surface area contributed by atoms with Gasteiger partial charge in [0.15, 0.2) is 5.75 Å². The number of nitrogens with one attached hydrogen (secondary N) is 2. The smallest absolute Gasteiger partial charge is 0.255 e. The number of aromatic hydroxyl groups is 1. The summed E-state index contributed by atoms with van der Waals surface area (Å²) in [5.74, 6) is -1.19. The average molecular weight is 378 g/mol. The highest BCUT2D eigenvalue weighted by molar-refractivity contribution is 6.30. The number of hydrogen-bond donors (Lipinski definition) is 4. The molecule has 0 spiro atoms. The van der Waals surface area contributed by atoms with E-state index in [4.69, 9.17) is 21.9 Å². The van der Waals surface area contributed by atoms with Crippen LogP contribution in [0.4, 0.5) is 0 Å². The van der Waals surface area contributed by atoms with Gasteiger partial charge in [-0.1, -0.05) is 35.0 Å². The molecule has 9 nitrogen and oxygen atoms in total. The van der Waals surface area contributed by atoms with Gasteiger partial charge in [-0.2, -0.15) is 5.10 Å². The molecule has 0 radical (unpaired) electrons. The highest BCUT2D eigenvalue weighted by Gasteiger charge is 2.20. The molecule has 0 aliphatic heterocycles. The Morgan fingerprint density at radius 1 is 1.27 bits per heavy atom. The molecular formula is C16H16ClN5O4.